The largest absolute Gasteiger partial charge is 0.508 e. The van der Waals surface area contributed by atoms with E-state index in [2.05, 4.69) is 5.32 Å². The number of carbonyl (C=O) groups is 3. The SMILES string of the molecule is COc1cc(/C=C2/SC(=S)N([C@@H](Cc3ccc(O)cc3)C(=O)O)C2=O)ccc1OCC(=O)Nc1ccccc1[N+](=O)[O-]. The van der Waals surface area contributed by atoms with Crippen molar-refractivity contribution in [2.45, 2.75) is 12.5 Å². The first-order valence-corrected chi connectivity index (χ1v) is 13.4. The highest BCUT2D eigenvalue weighted by atomic mass is 32.2. The number of nitrogens with zero attached hydrogens (tertiary/aromatic N) is 2. The number of nitrogens with one attached hydrogen (secondary N) is 1. The second kappa shape index (κ2) is 13.1. The number of aliphatic carboxylic acids is 1. The molecule has 0 spiro atoms. The molecular formula is C28H23N3O9S2. The van der Waals surface area contributed by atoms with E-state index in [1.807, 2.05) is 0 Å². The molecule has 42 heavy (non-hydrogen) atoms. The maximum absolute atomic E-state index is 13.2. The lowest BCUT2D eigenvalue weighted by Crippen LogP contribution is -2.45. The number of thiocarbonyl (C=S) groups is 1. The van der Waals surface area contributed by atoms with Crippen molar-refractivity contribution in [2.24, 2.45) is 0 Å². The topological polar surface area (TPSA) is 169 Å². The number of para-hydroxylation sites is 2. The molecule has 3 aromatic rings. The Bertz CT molecular complexity index is 1590. The molecule has 1 aliphatic rings. The molecule has 1 fully saturated rings. The highest BCUT2D eigenvalue weighted by Crippen LogP contribution is 2.36. The molecule has 0 unspecified atom stereocenters. The third kappa shape index (κ3) is 7.03. The van der Waals surface area contributed by atoms with Crippen molar-refractivity contribution in [3.63, 3.8) is 0 Å². The maximum Gasteiger partial charge on any atom is 0.327 e. The molecule has 1 aliphatic heterocycles. The Morgan fingerprint density at radius 3 is 2.52 bits per heavy atom. The van der Waals surface area contributed by atoms with Crippen LogP contribution in [0, 0.1) is 10.1 Å². The minimum Gasteiger partial charge on any atom is -0.508 e. The minimum atomic E-state index is -1.25. The minimum absolute atomic E-state index is 0.0135. The van der Waals surface area contributed by atoms with Gasteiger partial charge in [-0.25, -0.2) is 4.79 Å². The number of aromatic hydroxyl groups is 1. The van der Waals surface area contributed by atoms with Gasteiger partial charge < -0.3 is 25.0 Å². The number of carboxylic acid groups (broad SMARTS) is 1. The summed E-state index contributed by atoms with van der Waals surface area (Å²) in [4.78, 5) is 49.5. The highest BCUT2D eigenvalue weighted by Gasteiger charge is 2.40. The standard InChI is InChI=1S/C28H23N3O9S2/c1-39-23-13-17(8-11-22(23)40-15-25(33)29-19-4-2-3-5-20(19)31(37)38)14-24-26(34)30(28(41)42-24)21(27(35)36)12-16-6-9-18(32)10-7-16/h2-11,13-14,21,32H,12,15H2,1H3,(H,29,33)(H,35,36)/b24-14+/t21-/m0/s1. The van der Waals surface area contributed by atoms with Crippen molar-refractivity contribution in [3.05, 3.63) is 92.9 Å². The number of phenolic OH excluding ortho intramolecular Hbond substituents is 1. The predicted molar refractivity (Wildman–Crippen MR) is 158 cm³/mol. The van der Waals surface area contributed by atoms with Crippen molar-refractivity contribution in [1.29, 1.82) is 0 Å². The second-order valence-electron chi connectivity index (χ2n) is 8.80. The number of benzene rings is 3. The van der Waals surface area contributed by atoms with Crippen LogP contribution >= 0.6 is 24.0 Å². The summed E-state index contributed by atoms with van der Waals surface area (Å²) in [5.74, 6) is -1.93. The second-order valence-corrected chi connectivity index (χ2v) is 10.5. The molecule has 0 bridgehead atoms. The van der Waals surface area contributed by atoms with Crippen molar-refractivity contribution < 1.29 is 39.0 Å². The van der Waals surface area contributed by atoms with Crippen molar-refractivity contribution in [1.82, 2.24) is 4.90 Å². The van der Waals surface area contributed by atoms with E-state index in [4.69, 9.17) is 21.7 Å². The van der Waals surface area contributed by atoms with E-state index >= 15 is 0 Å². The summed E-state index contributed by atoms with van der Waals surface area (Å²) in [6, 6.07) is 15.2. The third-order valence-corrected chi connectivity index (χ3v) is 7.34. The summed E-state index contributed by atoms with van der Waals surface area (Å²) in [6.07, 6.45) is 1.52. The molecule has 3 aromatic carbocycles. The number of rotatable bonds is 11. The number of amides is 2. The Hall–Kier alpha value is -4.95. The molecule has 3 N–H and O–H groups in total. The van der Waals surface area contributed by atoms with Crippen LogP contribution in [0.5, 0.6) is 17.2 Å². The van der Waals surface area contributed by atoms with Crippen LogP contribution in [-0.4, -0.2) is 61.9 Å². The van der Waals surface area contributed by atoms with E-state index in [9.17, 15) is 34.7 Å². The molecule has 0 radical (unpaired) electrons. The quantitative estimate of drug-likeness (QED) is 0.123. The Morgan fingerprint density at radius 2 is 1.86 bits per heavy atom. The van der Waals surface area contributed by atoms with Crippen LogP contribution in [0.3, 0.4) is 0 Å². The Balaban J connectivity index is 1.46. The van der Waals surface area contributed by atoms with Crippen LogP contribution in [0.15, 0.2) is 71.6 Å². The van der Waals surface area contributed by atoms with E-state index < -0.39 is 35.4 Å². The Kier molecular flexibility index (Phi) is 9.39. The van der Waals surface area contributed by atoms with Crippen LogP contribution in [-0.2, 0) is 20.8 Å². The van der Waals surface area contributed by atoms with E-state index in [1.165, 1.54) is 49.6 Å². The van der Waals surface area contributed by atoms with Gasteiger partial charge in [-0.15, -0.1) is 0 Å². The van der Waals surface area contributed by atoms with E-state index in [0.717, 1.165) is 16.7 Å². The van der Waals surface area contributed by atoms with Gasteiger partial charge in [0.15, 0.2) is 18.1 Å². The van der Waals surface area contributed by atoms with Crippen molar-refractivity contribution >= 4 is 63.5 Å². The zero-order valence-electron chi connectivity index (χ0n) is 21.9. The van der Waals surface area contributed by atoms with Gasteiger partial charge in [-0.1, -0.05) is 54.3 Å². The molecular weight excluding hydrogens is 586 g/mol. The van der Waals surface area contributed by atoms with E-state index in [0.29, 0.717) is 11.1 Å². The number of nitro groups is 1. The van der Waals surface area contributed by atoms with Crippen LogP contribution in [0.25, 0.3) is 6.08 Å². The fourth-order valence-corrected chi connectivity index (χ4v) is 5.36. The van der Waals surface area contributed by atoms with Crippen LogP contribution < -0.4 is 14.8 Å². The van der Waals surface area contributed by atoms with Crippen LogP contribution in [0.2, 0.25) is 0 Å². The average molecular weight is 610 g/mol. The molecule has 0 aromatic heterocycles. The summed E-state index contributed by atoms with van der Waals surface area (Å²) >= 11 is 6.31. The van der Waals surface area contributed by atoms with Gasteiger partial charge in [0.25, 0.3) is 17.5 Å². The fraction of sp³-hybridized carbons (Fsp3) is 0.143. The number of methoxy groups -OCH3 is 1. The number of nitro benzene ring substituents is 1. The fourth-order valence-electron chi connectivity index (χ4n) is 4.01. The number of carbonyl (C=O) groups excluding carboxylic acids is 2. The third-order valence-electron chi connectivity index (χ3n) is 6.00. The number of phenols is 1. The molecule has 1 saturated heterocycles. The number of hydrogen-bond acceptors (Lipinski definition) is 10. The van der Waals surface area contributed by atoms with Crippen molar-refractivity contribution in [3.8, 4) is 17.2 Å². The lowest BCUT2D eigenvalue weighted by Gasteiger charge is -2.23. The molecule has 4 rings (SSSR count). The summed E-state index contributed by atoms with van der Waals surface area (Å²) in [6.45, 7) is -0.460. The normalized spacial score (nSPS) is 14.5. The Morgan fingerprint density at radius 1 is 1.14 bits per heavy atom. The first-order chi connectivity index (χ1) is 20.1. The first-order valence-electron chi connectivity index (χ1n) is 12.2. The number of thioether (sulfide) groups is 1. The van der Waals surface area contributed by atoms with Gasteiger partial charge in [0, 0.05) is 12.5 Å². The van der Waals surface area contributed by atoms with Crippen molar-refractivity contribution in [2.75, 3.05) is 19.0 Å². The highest BCUT2D eigenvalue weighted by molar-refractivity contribution is 8.26. The number of carboxylic acids is 1. The first kappa shape index (κ1) is 30.0. The van der Waals surface area contributed by atoms with Gasteiger partial charge in [0.1, 0.15) is 21.8 Å². The molecule has 14 heteroatoms. The van der Waals surface area contributed by atoms with Gasteiger partial charge in [-0.05, 0) is 47.5 Å². The van der Waals surface area contributed by atoms with E-state index in [-0.39, 0.29) is 44.3 Å². The molecule has 1 heterocycles. The monoisotopic (exact) mass is 609 g/mol. The lowest BCUT2D eigenvalue weighted by atomic mass is 10.0. The lowest BCUT2D eigenvalue weighted by molar-refractivity contribution is -0.383. The predicted octanol–water partition coefficient (Wildman–Crippen LogP) is 4.22. The summed E-state index contributed by atoms with van der Waals surface area (Å²) < 4.78 is 11.0. The zero-order valence-corrected chi connectivity index (χ0v) is 23.5. The zero-order chi connectivity index (χ0) is 30.4. The molecule has 0 saturated carbocycles. The average Bonchev–Trinajstić information content (AvgIpc) is 3.23. The molecule has 12 nitrogen and oxygen atoms in total. The van der Waals surface area contributed by atoms with E-state index in [1.54, 1.807) is 30.3 Å². The van der Waals surface area contributed by atoms with Gasteiger partial charge in [-0.3, -0.25) is 24.6 Å². The molecule has 1 atom stereocenters. The molecule has 216 valence electrons. The van der Waals surface area contributed by atoms with Crippen LogP contribution in [0.4, 0.5) is 11.4 Å². The number of anilines is 1. The summed E-state index contributed by atoms with van der Waals surface area (Å²) in [5.41, 5.74) is 0.904. The Labute approximate surface area is 248 Å². The van der Waals surface area contributed by atoms with Crippen LogP contribution in [0.1, 0.15) is 11.1 Å². The number of ether oxygens (including phenoxy) is 2. The van der Waals surface area contributed by atoms with Gasteiger partial charge in [0.05, 0.1) is 16.9 Å². The van der Waals surface area contributed by atoms with Gasteiger partial charge in [-0.2, -0.15) is 0 Å². The summed E-state index contributed by atoms with van der Waals surface area (Å²) in [5, 5.41) is 32.9. The molecule has 0 aliphatic carbocycles. The smallest absolute Gasteiger partial charge is 0.327 e. The van der Waals surface area contributed by atoms with Gasteiger partial charge >= 0.3 is 5.97 Å². The van der Waals surface area contributed by atoms with Gasteiger partial charge in [0.2, 0.25) is 0 Å². The number of hydrogen-bond donors (Lipinski definition) is 3. The molecule has 2 amide bonds. The summed E-state index contributed by atoms with van der Waals surface area (Å²) in [7, 11) is 1.39. The maximum atomic E-state index is 13.2.